The minimum Gasteiger partial charge on any atom is -0.326 e. The lowest BCUT2D eigenvalue weighted by atomic mass is 9.78. The molecule has 2 aliphatic rings. The molecule has 21 heavy (non-hydrogen) atoms. The number of carbonyl (C=O) groups excluding carboxylic acids is 1. The zero-order chi connectivity index (χ0) is 15.6. The van der Waals surface area contributed by atoms with E-state index < -0.39 is 0 Å². The summed E-state index contributed by atoms with van der Waals surface area (Å²) in [6.45, 7) is 12.1. The third-order valence-electron chi connectivity index (χ3n) is 5.21. The van der Waals surface area contributed by atoms with Crippen LogP contribution in [0.5, 0.6) is 0 Å². The van der Waals surface area contributed by atoms with Crippen LogP contribution >= 0.6 is 0 Å². The first kappa shape index (κ1) is 16.8. The summed E-state index contributed by atoms with van der Waals surface area (Å²) in [4.78, 5) is 14.9. The van der Waals surface area contributed by atoms with Crippen molar-refractivity contribution in [2.45, 2.75) is 85.4 Å². The highest BCUT2D eigenvalue weighted by atomic mass is 16.2. The summed E-state index contributed by atoms with van der Waals surface area (Å²) in [6.07, 6.45) is 7.70. The molecule has 2 rings (SSSR count). The third kappa shape index (κ3) is 4.00. The van der Waals surface area contributed by atoms with Crippen LogP contribution in [0.15, 0.2) is 0 Å². The molecule has 0 aromatic carbocycles. The summed E-state index contributed by atoms with van der Waals surface area (Å²) in [5.41, 5.74) is 0.381. The van der Waals surface area contributed by atoms with Crippen molar-refractivity contribution in [1.82, 2.24) is 10.2 Å². The molecule has 1 amide bonds. The van der Waals surface area contributed by atoms with Gasteiger partial charge in [0.05, 0.1) is 12.2 Å². The predicted molar refractivity (Wildman–Crippen MR) is 87.9 cm³/mol. The molecular weight excluding hydrogens is 260 g/mol. The van der Waals surface area contributed by atoms with Crippen LogP contribution in [0, 0.1) is 17.3 Å². The summed E-state index contributed by atoms with van der Waals surface area (Å²) < 4.78 is 0. The highest BCUT2D eigenvalue weighted by Gasteiger charge is 2.43. The van der Waals surface area contributed by atoms with E-state index in [1.54, 1.807) is 0 Å². The lowest BCUT2D eigenvalue weighted by molar-refractivity contribution is -0.131. The molecular formula is C18H34N2O. The second kappa shape index (κ2) is 6.68. The number of amides is 1. The van der Waals surface area contributed by atoms with Gasteiger partial charge in [-0.3, -0.25) is 10.1 Å². The molecule has 0 aromatic rings. The number of nitrogens with zero attached hydrogens (tertiary/aromatic N) is 1. The zero-order valence-electron chi connectivity index (χ0n) is 14.6. The number of hydrogen-bond donors (Lipinski definition) is 1. The van der Waals surface area contributed by atoms with Crippen LogP contribution < -0.4 is 5.32 Å². The van der Waals surface area contributed by atoms with Gasteiger partial charge < -0.3 is 4.90 Å². The van der Waals surface area contributed by atoms with Crippen molar-refractivity contribution in [3.05, 3.63) is 0 Å². The Hall–Kier alpha value is -0.570. The van der Waals surface area contributed by atoms with E-state index in [9.17, 15) is 4.79 Å². The molecule has 1 saturated heterocycles. The summed E-state index contributed by atoms with van der Waals surface area (Å²) in [5.74, 6) is 1.62. The minimum absolute atomic E-state index is 0.0394. The van der Waals surface area contributed by atoms with Gasteiger partial charge in [0.15, 0.2) is 0 Å². The normalized spacial score (nSPS) is 29.1. The fourth-order valence-electron chi connectivity index (χ4n) is 4.48. The number of carbonyl (C=O) groups is 1. The Bertz CT molecular complexity index is 358. The van der Waals surface area contributed by atoms with Crippen LogP contribution in [0.25, 0.3) is 0 Å². The van der Waals surface area contributed by atoms with Crippen molar-refractivity contribution < 1.29 is 4.79 Å². The van der Waals surface area contributed by atoms with Crippen LogP contribution in [-0.4, -0.2) is 29.6 Å². The monoisotopic (exact) mass is 294 g/mol. The molecule has 0 aromatic heterocycles. The van der Waals surface area contributed by atoms with Gasteiger partial charge in [-0.05, 0) is 49.9 Å². The average Bonchev–Trinajstić information content (AvgIpc) is 2.90. The number of hydrogen-bond acceptors (Lipinski definition) is 2. The van der Waals surface area contributed by atoms with E-state index in [0.717, 1.165) is 18.9 Å². The van der Waals surface area contributed by atoms with E-state index in [0.29, 0.717) is 17.2 Å². The van der Waals surface area contributed by atoms with E-state index in [1.807, 2.05) is 0 Å². The van der Waals surface area contributed by atoms with Gasteiger partial charge in [-0.1, -0.05) is 40.5 Å². The molecule has 2 atom stereocenters. The molecule has 1 saturated carbocycles. The lowest BCUT2D eigenvalue weighted by Gasteiger charge is -2.36. The highest BCUT2D eigenvalue weighted by molar-refractivity contribution is 5.84. The van der Waals surface area contributed by atoms with Gasteiger partial charge in [0.2, 0.25) is 5.91 Å². The quantitative estimate of drug-likeness (QED) is 0.808. The summed E-state index contributed by atoms with van der Waals surface area (Å²) in [6, 6.07) is 0.0394. The largest absolute Gasteiger partial charge is 0.326 e. The SMILES string of the molecule is CC(C)CC1NC(C)N(CC2(CC(C)C)CCCC2)C1=O. The van der Waals surface area contributed by atoms with E-state index >= 15 is 0 Å². The van der Waals surface area contributed by atoms with Crippen molar-refractivity contribution in [2.75, 3.05) is 6.54 Å². The Morgan fingerprint density at radius 3 is 2.33 bits per heavy atom. The summed E-state index contributed by atoms with van der Waals surface area (Å²) >= 11 is 0. The van der Waals surface area contributed by atoms with Crippen molar-refractivity contribution in [3.8, 4) is 0 Å². The number of nitrogens with one attached hydrogen (secondary N) is 1. The summed E-state index contributed by atoms with van der Waals surface area (Å²) in [7, 11) is 0. The molecule has 3 nitrogen and oxygen atoms in total. The highest BCUT2D eigenvalue weighted by Crippen LogP contribution is 2.44. The fraction of sp³-hybridized carbons (Fsp3) is 0.944. The molecule has 122 valence electrons. The van der Waals surface area contributed by atoms with E-state index in [4.69, 9.17) is 0 Å². The molecule has 1 aliphatic heterocycles. The van der Waals surface area contributed by atoms with Crippen LogP contribution in [-0.2, 0) is 4.79 Å². The third-order valence-corrected chi connectivity index (χ3v) is 5.21. The van der Waals surface area contributed by atoms with Gasteiger partial charge in [-0.15, -0.1) is 0 Å². The van der Waals surface area contributed by atoms with E-state index in [1.165, 1.54) is 32.1 Å². The molecule has 1 N–H and O–H groups in total. The second-order valence-corrected chi connectivity index (χ2v) is 8.30. The van der Waals surface area contributed by atoms with Gasteiger partial charge in [0, 0.05) is 6.54 Å². The molecule has 2 unspecified atom stereocenters. The standard InChI is InChI=1S/C18H34N2O/c1-13(2)10-16-17(21)20(15(5)19-16)12-18(11-14(3)4)8-6-7-9-18/h13-16,19H,6-12H2,1-5H3. The lowest BCUT2D eigenvalue weighted by Crippen LogP contribution is -2.43. The van der Waals surface area contributed by atoms with Crippen LogP contribution in [0.1, 0.15) is 73.1 Å². The summed E-state index contributed by atoms with van der Waals surface area (Å²) in [5, 5.41) is 3.51. The minimum atomic E-state index is 0.0394. The van der Waals surface area contributed by atoms with Crippen molar-refractivity contribution in [1.29, 1.82) is 0 Å². The van der Waals surface area contributed by atoms with Gasteiger partial charge >= 0.3 is 0 Å². The Morgan fingerprint density at radius 1 is 1.19 bits per heavy atom. The maximum Gasteiger partial charge on any atom is 0.241 e. The average molecular weight is 294 g/mol. The van der Waals surface area contributed by atoms with Gasteiger partial charge in [0.25, 0.3) is 0 Å². The van der Waals surface area contributed by atoms with Crippen molar-refractivity contribution in [3.63, 3.8) is 0 Å². The Morgan fingerprint density at radius 2 is 1.81 bits per heavy atom. The smallest absolute Gasteiger partial charge is 0.241 e. The topological polar surface area (TPSA) is 32.3 Å². The molecule has 0 bridgehead atoms. The van der Waals surface area contributed by atoms with Gasteiger partial charge in [0.1, 0.15) is 0 Å². The maximum atomic E-state index is 12.7. The Kier molecular flexibility index (Phi) is 5.34. The number of rotatable bonds is 6. The van der Waals surface area contributed by atoms with E-state index in [-0.39, 0.29) is 12.2 Å². The molecule has 2 fully saturated rings. The molecule has 0 radical (unpaired) electrons. The van der Waals surface area contributed by atoms with E-state index in [2.05, 4.69) is 44.8 Å². The van der Waals surface area contributed by atoms with Gasteiger partial charge in [-0.2, -0.15) is 0 Å². The van der Waals surface area contributed by atoms with Gasteiger partial charge in [-0.25, -0.2) is 0 Å². The molecule has 1 aliphatic carbocycles. The van der Waals surface area contributed by atoms with Crippen LogP contribution in [0.3, 0.4) is 0 Å². The maximum absolute atomic E-state index is 12.7. The first-order valence-corrected chi connectivity index (χ1v) is 8.89. The second-order valence-electron chi connectivity index (χ2n) is 8.30. The zero-order valence-corrected chi connectivity index (χ0v) is 14.6. The van der Waals surface area contributed by atoms with Crippen LogP contribution in [0.2, 0.25) is 0 Å². The fourth-order valence-corrected chi connectivity index (χ4v) is 4.48. The van der Waals surface area contributed by atoms with Crippen molar-refractivity contribution >= 4 is 5.91 Å². The van der Waals surface area contributed by atoms with Crippen LogP contribution in [0.4, 0.5) is 0 Å². The van der Waals surface area contributed by atoms with Crippen molar-refractivity contribution in [2.24, 2.45) is 17.3 Å². The Balaban J connectivity index is 2.04. The Labute approximate surface area is 130 Å². The first-order valence-electron chi connectivity index (χ1n) is 8.89. The molecule has 3 heteroatoms. The predicted octanol–water partition coefficient (Wildman–Crippen LogP) is 3.79. The first-order chi connectivity index (χ1) is 9.83. The molecule has 1 heterocycles. The molecule has 0 spiro atoms.